The number of amides is 1. The highest BCUT2D eigenvalue weighted by atomic mass is 16.2. The number of fused-ring (bicyclic) bond motifs is 3. The highest BCUT2D eigenvalue weighted by Gasteiger charge is 2.36. The van der Waals surface area contributed by atoms with Crippen LogP contribution in [0.5, 0.6) is 0 Å². The van der Waals surface area contributed by atoms with Crippen molar-refractivity contribution < 1.29 is 9.59 Å². The molecule has 1 amide bonds. The third kappa shape index (κ3) is 1.34. The maximum atomic E-state index is 12.2. The molecule has 0 radical (unpaired) electrons. The molecule has 3 heterocycles. The van der Waals surface area contributed by atoms with E-state index in [1.165, 1.54) is 5.56 Å². The Bertz CT molecular complexity index is 714. The van der Waals surface area contributed by atoms with E-state index in [0.717, 1.165) is 23.0 Å². The largest absolute Gasteiger partial charge is 0.355 e. The van der Waals surface area contributed by atoms with E-state index in [1.807, 2.05) is 18.2 Å². The first-order valence-electron chi connectivity index (χ1n) is 6.70. The Morgan fingerprint density at radius 1 is 1.16 bits per heavy atom. The van der Waals surface area contributed by atoms with Gasteiger partial charge in [-0.15, -0.1) is 0 Å². The van der Waals surface area contributed by atoms with E-state index >= 15 is 0 Å². The highest BCUT2D eigenvalue weighted by Crippen LogP contribution is 2.38. The van der Waals surface area contributed by atoms with Crippen molar-refractivity contribution in [3.8, 4) is 0 Å². The maximum absolute atomic E-state index is 12.2. The maximum Gasteiger partial charge on any atom is 0.231 e. The zero-order valence-electron chi connectivity index (χ0n) is 10.5. The Morgan fingerprint density at radius 3 is 2.89 bits per heavy atom. The Labute approximate surface area is 110 Å². The van der Waals surface area contributed by atoms with E-state index in [-0.39, 0.29) is 17.7 Å². The fourth-order valence-corrected chi connectivity index (χ4v) is 3.43. The first kappa shape index (κ1) is 10.8. The molecule has 0 bridgehead atoms. The molecule has 1 atom stereocenters. The van der Waals surface area contributed by atoms with Crippen LogP contribution in [0.3, 0.4) is 0 Å². The lowest BCUT2D eigenvalue weighted by molar-refractivity contribution is -0.122. The van der Waals surface area contributed by atoms with Crippen molar-refractivity contribution in [1.29, 1.82) is 0 Å². The predicted octanol–water partition coefficient (Wildman–Crippen LogP) is 1.83. The second-order valence-corrected chi connectivity index (χ2v) is 5.24. The number of nitrogens with one attached hydrogen (secondary N) is 1. The summed E-state index contributed by atoms with van der Waals surface area (Å²) in [5.74, 6) is 0.0151. The zero-order valence-corrected chi connectivity index (χ0v) is 10.5. The van der Waals surface area contributed by atoms with Crippen molar-refractivity contribution in [3.05, 3.63) is 35.5 Å². The van der Waals surface area contributed by atoms with Gasteiger partial charge < -0.3 is 5.32 Å². The summed E-state index contributed by atoms with van der Waals surface area (Å²) in [7, 11) is 0. The van der Waals surface area contributed by atoms with Crippen LogP contribution in [0.2, 0.25) is 0 Å². The molecular formula is C15H14N2O2. The standard InChI is InChI=1S/C15H14N2O2/c18-13-6-5-11-14-10(7-8-16-15(11)19)9-3-1-2-4-12(9)17(13)14/h1-4,11H,5-8H2,(H,16,19)/t11-/m0/s1. The molecule has 0 unspecified atom stereocenters. The molecule has 0 saturated heterocycles. The summed E-state index contributed by atoms with van der Waals surface area (Å²) in [6.07, 6.45) is 1.88. The first-order valence-corrected chi connectivity index (χ1v) is 6.70. The van der Waals surface area contributed by atoms with Gasteiger partial charge in [0.15, 0.2) is 0 Å². The number of nitrogens with zero attached hydrogens (tertiary/aromatic N) is 1. The summed E-state index contributed by atoms with van der Waals surface area (Å²) in [5, 5.41) is 4.08. The monoisotopic (exact) mass is 254 g/mol. The second kappa shape index (κ2) is 3.70. The van der Waals surface area contributed by atoms with Gasteiger partial charge in [0.1, 0.15) is 0 Å². The van der Waals surface area contributed by atoms with Crippen molar-refractivity contribution in [3.63, 3.8) is 0 Å². The Morgan fingerprint density at radius 2 is 2.00 bits per heavy atom. The summed E-state index contributed by atoms with van der Waals surface area (Å²) < 4.78 is 1.78. The lowest BCUT2D eigenvalue weighted by Gasteiger charge is -2.22. The molecule has 2 aromatic rings. The Balaban J connectivity index is 2.13. The molecule has 1 aromatic carbocycles. The zero-order chi connectivity index (χ0) is 13.0. The Hall–Kier alpha value is -2.10. The number of benzene rings is 1. The number of para-hydroxylation sites is 1. The van der Waals surface area contributed by atoms with Gasteiger partial charge in [0, 0.05) is 24.0 Å². The van der Waals surface area contributed by atoms with Crippen LogP contribution in [-0.4, -0.2) is 22.9 Å². The van der Waals surface area contributed by atoms with E-state index < -0.39 is 0 Å². The quantitative estimate of drug-likeness (QED) is 0.779. The summed E-state index contributed by atoms with van der Waals surface area (Å²) in [6.45, 7) is 0.657. The SMILES string of the molecule is O=C1NCCc2c3n(c4ccccc24)C(=O)CC[C@H]13. The topological polar surface area (TPSA) is 51.1 Å². The molecule has 2 aliphatic rings. The van der Waals surface area contributed by atoms with Crippen LogP contribution in [0.4, 0.5) is 0 Å². The van der Waals surface area contributed by atoms with E-state index in [2.05, 4.69) is 11.4 Å². The molecule has 96 valence electrons. The molecule has 1 N–H and O–H groups in total. The lowest BCUT2D eigenvalue weighted by Crippen LogP contribution is -2.33. The van der Waals surface area contributed by atoms with Crippen LogP contribution in [-0.2, 0) is 11.2 Å². The third-order valence-electron chi connectivity index (χ3n) is 4.24. The average molecular weight is 254 g/mol. The average Bonchev–Trinajstić information content (AvgIpc) is 2.65. The normalized spacial score (nSPS) is 22.0. The van der Waals surface area contributed by atoms with Gasteiger partial charge in [-0.2, -0.15) is 0 Å². The molecular weight excluding hydrogens is 240 g/mol. The molecule has 1 aromatic heterocycles. The van der Waals surface area contributed by atoms with Gasteiger partial charge in [0.2, 0.25) is 11.8 Å². The number of carbonyl (C=O) groups excluding carboxylic acids is 2. The van der Waals surface area contributed by atoms with Crippen molar-refractivity contribution in [2.45, 2.75) is 25.2 Å². The summed E-state index contributed by atoms with van der Waals surface area (Å²) in [5.41, 5.74) is 3.07. The van der Waals surface area contributed by atoms with Crippen LogP contribution in [0, 0.1) is 0 Å². The van der Waals surface area contributed by atoms with Gasteiger partial charge in [-0.25, -0.2) is 0 Å². The Kier molecular flexibility index (Phi) is 2.10. The van der Waals surface area contributed by atoms with Crippen molar-refractivity contribution in [2.24, 2.45) is 0 Å². The van der Waals surface area contributed by atoms with E-state index in [9.17, 15) is 9.59 Å². The number of hydrogen-bond acceptors (Lipinski definition) is 2. The van der Waals surface area contributed by atoms with Gasteiger partial charge in [0.25, 0.3) is 0 Å². The number of aromatic nitrogens is 1. The molecule has 0 aliphatic carbocycles. The predicted molar refractivity (Wildman–Crippen MR) is 71.3 cm³/mol. The summed E-state index contributed by atoms with van der Waals surface area (Å²) in [6, 6.07) is 7.96. The number of carbonyl (C=O) groups is 2. The van der Waals surface area contributed by atoms with Gasteiger partial charge in [-0.3, -0.25) is 14.2 Å². The van der Waals surface area contributed by atoms with Crippen LogP contribution in [0.1, 0.15) is 34.8 Å². The molecule has 0 saturated carbocycles. The minimum Gasteiger partial charge on any atom is -0.355 e. The third-order valence-corrected chi connectivity index (χ3v) is 4.24. The fourth-order valence-electron chi connectivity index (χ4n) is 3.43. The van der Waals surface area contributed by atoms with Gasteiger partial charge >= 0.3 is 0 Å². The molecule has 0 fully saturated rings. The van der Waals surface area contributed by atoms with Crippen molar-refractivity contribution in [1.82, 2.24) is 9.88 Å². The van der Waals surface area contributed by atoms with Crippen molar-refractivity contribution >= 4 is 22.7 Å². The molecule has 0 spiro atoms. The molecule has 19 heavy (non-hydrogen) atoms. The van der Waals surface area contributed by atoms with Crippen LogP contribution >= 0.6 is 0 Å². The summed E-state index contributed by atoms with van der Waals surface area (Å²) >= 11 is 0. The van der Waals surface area contributed by atoms with Gasteiger partial charge in [0.05, 0.1) is 11.4 Å². The summed E-state index contributed by atoms with van der Waals surface area (Å²) in [4.78, 5) is 24.4. The highest BCUT2D eigenvalue weighted by molar-refractivity contribution is 6.00. The molecule has 2 aliphatic heterocycles. The molecule has 4 rings (SSSR count). The van der Waals surface area contributed by atoms with E-state index in [1.54, 1.807) is 4.57 Å². The second-order valence-electron chi connectivity index (χ2n) is 5.24. The minimum absolute atomic E-state index is 0.0651. The van der Waals surface area contributed by atoms with Crippen LogP contribution in [0.15, 0.2) is 24.3 Å². The first-order chi connectivity index (χ1) is 9.27. The minimum atomic E-state index is -0.164. The molecule has 4 heteroatoms. The van der Waals surface area contributed by atoms with Gasteiger partial charge in [-0.05, 0) is 24.5 Å². The van der Waals surface area contributed by atoms with Gasteiger partial charge in [-0.1, -0.05) is 18.2 Å². The number of hydrogen-bond donors (Lipinski definition) is 1. The van der Waals surface area contributed by atoms with Crippen LogP contribution < -0.4 is 5.32 Å². The smallest absolute Gasteiger partial charge is 0.231 e. The van der Waals surface area contributed by atoms with E-state index in [4.69, 9.17) is 0 Å². The number of rotatable bonds is 0. The fraction of sp³-hybridized carbons (Fsp3) is 0.333. The van der Waals surface area contributed by atoms with Crippen molar-refractivity contribution in [2.75, 3.05) is 6.54 Å². The van der Waals surface area contributed by atoms with E-state index in [0.29, 0.717) is 19.4 Å². The lowest BCUT2D eigenvalue weighted by atomic mass is 9.92. The van der Waals surface area contributed by atoms with Crippen LogP contribution in [0.25, 0.3) is 10.9 Å². The molecule has 4 nitrogen and oxygen atoms in total.